The Morgan fingerprint density at radius 3 is 2.44 bits per heavy atom. The van der Waals surface area contributed by atoms with Gasteiger partial charge in [-0.05, 0) is 37.3 Å². The molecule has 0 saturated carbocycles. The van der Waals surface area contributed by atoms with Crippen LogP contribution in [0.2, 0.25) is 0 Å². The van der Waals surface area contributed by atoms with Crippen LogP contribution in [0.1, 0.15) is 37.5 Å². The lowest BCUT2D eigenvalue weighted by Crippen LogP contribution is -2.09. The van der Waals surface area contributed by atoms with E-state index in [0.29, 0.717) is 5.92 Å². The molecule has 0 aliphatic heterocycles. The zero-order valence-electron chi connectivity index (χ0n) is 12.2. The highest BCUT2D eigenvalue weighted by molar-refractivity contribution is 5.44. The van der Waals surface area contributed by atoms with E-state index in [9.17, 15) is 0 Å². The third kappa shape index (κ3) is 4.11. The molecule has 0 fully saturated rings. The first kappa shape index (κ1) is 14.6. The van der Waals surface area contributed by atoms with Gasteiger partial charge in [-0.25, -0.2) is 0 Å². The van der Waals surface area contributed by atoms with Crippen molar-refractivity contribution < 1.29 is 4.74 Å². The zero-order chi connectivity index (χ0) is 13.7. The monoisotopic (exact) mass is 244 g/mol. The molecule has 0 N–H and O–H groups in total. The first-order valence-corrected chi connectivity index (χ1v) is 6.63. The summed E-state index contributed by atoms with van der Waals surface area (Å²) in [6, 6.07) is 4.36. The Labute approximate surface area is 112 Å². The van der Waals surface area contributed by atoms with Crippen LogP contribution >= 0.6 is 0 Å². The fourth-order valence-corrected chi connectivity index (χ4v) is 2.04. The number of ether oxygens (including phenoxy) is 1. The van der Waals surface area contributed by atoms with Crippen molar-refractivity contribution in [3.05, 3.63) is 28.8 Å². The fraction of sp³-hybridized carbons (Fsp3) is 0.529. The van der Waals surface area contributed by atoms with Gasteiger partial charge >= 0.3 is 0 Å². The summed E-state index contributed by atoms with van der Waals surface area (Å²) in [6.45, 7) is 11.4. The summed E-state index contributed by atoms with van der Waals surface area (Å²) < 4.78 is 5.96. The van der Waals surface area contributed by atoms with Crippen molar-refractivity contribution >= 4 is 0 Å². The van der Waals surface area contributed by atoms with Crippen LogP contribution in [-0.2, 0) is 6.42 Å². The molecule has 0 bridgehead atoms. The van der Waals surface area contributed by atoms with Crippen LogP contribution in [0.4, 0.5) is 0 Å². The van der Waals surface area contributed by atoms with Crippen molar-refractivity contribution in [1.29, 1.82) is 0 Å². The third-order valence-corrected chi connectivity index (χ3v) is 2.87. The molecule has 0 heterocycles. The summed E-state index contributed by atoms with van der Waals surface area (Å²) >= 11 is 0. The van der Waals surface area contributed by atoms with Gasteiger partial charge in [0.1, 0.15) is 5.75 Å². The van der Waals surface area contributed by atoms with Gasteiger partial charge < -0.3 is 4.74 Å². The Balaban J connectivity index is 3.01. The second-order valence-electron chi connectivity index (χ2n) is 5.55. The molecule has 0 saturated heterocycles. The van der Waals surface area contributed by atoms with Crippen molar-refractivity contribution in [1.82, 2.24) is 0 Å². The van der Waals surface area contributed by atoms with Gasteiger partial charge in [0.25, 0.3) is 0 Å². The molecule has 0 spiro atoms. The normalized spacial score (nSPS) is 12.3. The summed E-state index contributed by atoms with van der Waals surface area (Å²) in [5.41, 5.74) is 3.71. The Morgan fingerprint density at radius 2 is 1.89 bits per heavy atom. The standard InChI is InChI=1S/C17H24O/c1-7-13(4)9-16-10-14(5)8-15(6)17(16)18-11-12(2)3/h1,8,10,12-13H,9,11H2,2-6H3. The Hall–Kier alpha value is -1.42. The van der Waals surface area contributed by atoms with E-state index in [0.717, 1.165) is 18.8 Å². The van der Waals surface area contributed by atoms with Crippen molar-refractivity contribution in [2.24, 2.45) is 11.8 Å². The minimum atomic E-state index is 0.243. The second-order valence-corrected chi connectivity index (χ2v) is 5.55. The number of hydrogen-bond acceptors (Lipinski definition) is 1. The van der Waals surface area contributed by atoms with Gasteiger partial charge in [0.2, 0.25) is 0 Å². The van der Waals surface area contributed by atoms with Gasteiger partial charge in [-0.2, -0.15) is 0 Å². The highest BCUT2D eigenvalue weighted by Crippen LogP contribution is 2.28. The number of rotatable bonds is 5. The van der Waals surface area contributed by atoms with Gasteiger partial charge in [0.05, 0.1) is 6.61 Å². The first-order chi connectivity index (χ1) is 8.43. The van der Waals surface area contributed by atoms with Crippen LogP contribution in [-0.4, -0.2) is 6.61 Å². The molecular formula is C17H24O. The first-order valence-electron chi connectivity index (χ1n) is 6.63. The van der Waals surface area contributed by atoms with E-state index in [1.807, 2.05) is 0 Å². The van der Waals surface area contributed by atoms with Crippen LogP contribution in [0.3, 0.4) is 0 Å². The number of aryl methyl sites for hydroxylation is 2. The van der Waals surface area contributed by atoms with E-state index in [4.69, 9.17) is 11.2 Å². The zero-order valence-corrected chi connectivity index (χ0v) is 12.2. The number of benzene rings is 1. The Bertz CT molecular complexity index is 438. The molecule has 1 aromatic rings. The largest absolute Gasteiger partial charge is 0.493 e. The molecule has 18 heavy (non-hydrogen) atoms. The molecule has 0 aliphatic carbocycles. The molecule has 0 amide bonds. The summed E-state index contributed by atoms with van der Waals surface area (Å²) in [6.07, 6.45) is 6.36. The molecule has 1 nitrogen and oxygen atoms in total. The number of terminal acetylenes is 1. The van der Waals surface area contributed by atoms with Gasteiger partial charge in [-0.1, -0.05) is 38.5 Å². The predicted molar refractivity (Wildman–Crippen MR) is 78.0 cm³/mol. The molecular weight excluding hydrogens is 220 g/mol. The summed E-state index contributed by atoms with van der Waals surface area (Å²) in [5.74, 6) is 4.59. The summed E-state index contributed by atoms with van der Waals surface area (Å²) in [7, 11) is 0. The molecule has 0 aromatic heterocycles. The van der Waals surface area contributed by atoms with E-state index in [1.54, 1.807) is 0 Å². The molecule has 0 aliphatic rings. The lowest BCUT2D eigenvalue weighted by Gasteiger charge is -2.17. The highest BCUT2D eigenvalue weighted by atomic mass is 16.5. The maximum absolute atomic E-state index is 5.96. The van der Waals surface area contributed by atoms with Crippen LogP contribution in [0, 0.1) is 38.0 Å². The van der Waals surface area contributed by atoms with Gasteiger partial charge in [-0.3, -0.25) is 0 Å². The minimum Gasteiger partial charge on any atom is -0.493 e. The third-order valence-electron chi connectivity index (χ3n) is 2.87. The molecule has 1 heteroatoms. The minimum absolute atomic E-state index is 0.243. The number of hydrogen-bond donors (Lipinski definition) is 0. The summed E-state index contributed by atoms with van der Waals surface area (Å²) in [5, 5.41) is 0. The molecule has 0 radical (unpaired) electrons. The average molecular weight is 244 g/mol. The fourth-order valence-electron chi connectivity index (χ4n) is 2.04. The smallest absolute Gasteiger partial charge is 0.125 e. The predicted octanol–water partition coefficient (Wildman–Crippen LogP) is 4.15. The molecule has 1 atom stereocenters. The lowest BCUT2D eigenvalue weighted by atomic mass is 9.97. The van der Waals surface area contributed by atoms with Gasteiger partial charge in [-0.15, -0.1) is 12.3 Å². The Kier molecular flexibility index (Phi) is 5.28. The van der Waals surface area contributed by atoms with E-state index >= 15 is 0 Å². The van der Waals surface area contributed by atoms with Gasteiger partial charge in [0.15, 0.2) is 0 Å². The molecule has 98 valence electrons. The highest BCUT2D eigenvalue weighted by Gasteiger charge is 2.11. The van der Waals surface area contributed by atoms with Crippen molar-refractivity contribution in [3.63, 3.8) is 0 Å². The van der Waals surface area contributed by atoms with Crippen LogP contribution in [0.5, 0.6) is 5.75 Å². The van der Waals surface area contributed by atoms with Crippen molar-refractivity contribution in [3.8, 4) is 18.1 Å². The Morgan fingerprint density at radius 1 is 1.22 bits per heavy atom. The molecule has 1 rings (SSSR count). The van der Waals surface area contributed by atoms with E-state index in [-0.39, 0.29) is 5.92 Å². The molecule has 1 aromatic carbocycles. The average Bonchev–Trinajstić information content (AvgIpc) is 2.27. The maximum Gasteiger partial charge on any atom is 0.125 e. The van der Waals surface area contributed by atoms with E-state index < -0.39 is 0 Å². The summed E-state index contributed by atoms with van der Waals surface area (Å²) in [4.78, 5) is 0. The van der Waals surface area contributed by atoms with E-state index in [2.05, 4.69) is 52.7 Å². The van der Waals surface area contributed by atoms with Crippen molar-refractivity contribution in [2.45, 2.75) is 41.0 Å². The van der Waals surface area contributed by atoms with E-state index in [1.165, 1.54) is 16.7 Å². The topological polar surface area (TPSA) is 9.23 Å². The quantitative estimate of drug-likeness (QED) is 0.707. The van der Waals surface area contributed by atoms with Crippen LogP contribution in [0.15, 0.2) is 12.1 Å². The second kappa shape index (κ2) is 6.50. The SMILES string of the molecule is C#CC(C)Cc1cc(C)cc(C)c1OCC(C)C. The van der Waals surface area contributed by atoms with Crippen LogP contribution < -0.4 is 4.74 Å². The van der Waals surface area contributed by atoms with Gasteiger partial charge in [0, 0.05) is 5.92 Å². The maximum atomic E-state index is 5.96. The molecule has 1 unspecified atom stereocenters. The van der Waals surface area contributed by atoms with Crippen molar-refractivity contribution in [2.75, 3.05) is 6.61 Å². The van der Waals surface area contributed by atoms with Crippen LogP contribution in [0.25, 0.3) is 0 Å². The lowest BCUT2D eigenvalue weighted by molar-refractivity contribution is 0.266.